The van der Waals surface area contributed by atoms with Crippen molar-refractivity contribution >= 4 is 23.2 Å². The van der Waals surface area contributed by atoms with Gasteiger partial charge in [0.05, 0.1) is 11.4 Å². The van der Waals surface area contributed by atoms with Crippen LogP contribution >= 0.6 is 0 Å². The van der Waals surface area contributed by atoms with Crippen molar-refractivity contribution in [1.29, 1.82) is 0 Å². The number of carbonyl (C=O) groups is 2. The maximum Gasteiger partial charge on any atom is 0.262 e. The number of hydrogen-bond acceptors (Lipinski definition) is 4. The van der Waals surface area contributed by atoms with Crippen LogP contribution in [0, 0.1) is 0 Å². The van der Waals surface area contributed by atoms with Crippen molar-refractivity contribution in [3.8, 4) is 5.75 Å². The quantitative estimate of drug-likeness (QED) is 0.903. The lowest BCUT2D eigenvalue weighted by atomic mass is 10.1. The summed E-state index contributed by atoms with van der Waals surface area (Å²) in [7, 11) is 0. The van der Waals surface area contributed by atoms with E-state index >= 15 is 0 Å². The van der Waals surface area contributed by atoms with Crippen molar-refractivity contribution in [3.05, 3.63) is 54.1 Å². The van der Waals surface area contributed by atoms with E-state index in [1.807, 2.05) is 41.3 Å². The predicted octanol–water partition coefficient (Wildman–Crippen LogP) is 2.30. The number of carbonyl (C=O) groups excluding carboxylic acids is 2. The number of ether oxygens (including phenoxy) is 1. The first kappa shape index (κ1) is 17.4. The van der Waals surface area contributed by atoms with Gasteiger partial charge in [-0.15, -0.1) is 0 Å². The molecular weight excluding hydrogens is 342 g/mol. The van der Waals surface area contributed by atoms with Gasteiger partial charge in [0, 0.05) is 32.6 Å². The molecule has 4 rings (SSSR count). The van der Waals surface area contributed by atoms with Crippen LogP contribution in [0.5, 0.6) is 5.75 Å². The van der Waals surface area contributed by atoms with E-state index in [2.05, 4.69) is 22.3 Å². The third-order valence-corrected chi connectivity index (χ3v) is 5.06. The van der Waals surface area contributed by atoms with Crippen molar-refractivity contribution in [2.75, 3.05) is 43.0 Å². The standard InChI is InChI=1S/C21H23N3O3/c25-19-15-27-21-17(22-19)7-4-8-18(21)23-11-13-24(14-12-23)20(26)10-9-16-5-2-1-3-6-16/h1-8H,9-15H2,(H,22,25). The van der Waals surface area contributed by atoms with Gasteiger partial charge in [0.15, 0.2) is 12.4 Å². The van der Waals surface area contributed by atoms with Crippen LogP contribution in [0.15, 0.2) is 48.5 Å². The zero-order valence-corrected chi connectivity index (χ0v) is 15.2. The number of rotatable bonds is 4. The Balaban J connectivity index is 1.35. The van der Waals surface area contributed by atoms with Gasteiger partial charge in [0.1, 0.15) is 0 Å². The summed E-state index contributed by atoms with van der Waals surface area (Å²) in [5.74, 6) is 0.798. The van der Waals surface area contributed by atoms with Crippen molar-refractivity contribution in [3.63, 3.8) is 0 Å². The molecule has 2 aromatic rings. The minimum Gasteiger partial charge on any atom is -0.479 e. The molecule has 2 heterocycles. The van der Waals surface area contributed by atoms with Crippen LogP contribution in [0.2, 0.25) is 0 Å². The van der Waals surface area contributed by atoms with Crippen LogP contribution < -0.4 is 15.0 Å². The number of anilines is 2. The van der Waals surface area contributed by atoms with E-state index in [1.165, 1.54) is 5.56 Å². The third kappa shape index (κ3) is 3.89. The first-order valence-electron chi connectivity index (χ1n) is 9.33. The molecule has 0 saturated carbocycles. The third-order valence-electron chi connectivity index (χ3n) is 5.06. The molecule has 6 heteroatoms. The van der Waals surface area contributed by atoms with Crippen LogP contribution in [-0.4, -0.2) is 49.5 Å². The summed E-state index contributed by atoms with van der Waals surface area (Å²) in [6.45, 7) is 2.95. The molecule has 0 spiro atoms. The van der Waals surface area contributed by atoms with Gasteiger partial charge in [0.25, 0.3) is 5.91 Å². The number of benzene rings is 2. The lowest BCUT2D eigenvalue weighted by molar-refractivity contribution is -0.131. The highest BCUT2D eigenvalue weighted by Gasteiger charge is 2.26. The van der Waals surface area contributed by atoms with E-state index in [-0.39, 0.29) is 18.4 Å². The Morgan fingerprint density at radius 2 is 1.78 bits per heavy atom. The fourth-order valence-corrected chi connectivity index (χ4v) is 3.60. The van der Waals surface area contributed by atoms with E-state index < -0.39 is 0 Å². The van der Waals surface area contributed by atoms with E-state index in [0.29, 0.717) is 25.2 Å². The number of fused-ring (bicyclic) bond motifs is 1. The fourth-order valence-electron chi connectivity index (χ4n) is 3.60. The number of piperazine rings is 1. The molecule has 0 aliphatic carbocycles. The molecule has 27 heavy (non-hydrogen) atoms. The Hall–Kier alpha value is -3.02. The summed E-state index contributed by atoms with van der Waals surface area (Å²) in [6, 6.07) is 15.9. The average Bonchev–Trinajstić information content (AvgIpc) is 2.72. The second-order valence-electron chi connectivity index (χ2n) is 6.84. The van der Waals surface area contributed by atoms with Crippen LogP contribution in [-0.2, 0) is 16.0 Å². The summed E-state index contributed by atoms with van der Waals surface area (Å²) >= 11 is 0. The topological polar surface area (TPSA) is 61.9 Å². The lowest BCUT2D eigenvalue weighted by Crippen LogP contribution is -2.49. The molecule has 140 valence electrons. The molecule has 6 nitrogen and oxygen atoms in total. The molecule has 1 fully saturated rings. The number of nitrogens with one attached hydrogen (secondary N) is 1. The lowest BCUT2D eigenvalue weighted by Gasteiger charge is -2.37. The summed E-state index contributed by atoms with van der Waals surface area (Å²) < 4.78 is 5.65. The zero-order chi connectivity index (χ0) is 18.6. The summed E-state index contributed by atoms with van der Waals surface area (Å²) in [6.07, 6.45) is 1.32. The van der Waals surface area contributed by atoms with Gasteiger partial charge in [-0.2, -0.15) is 0 Å². The highest BCUT2D eigenvalue weighted by atomic mass is 16.5. The van der Waals surface area contributed by atoms with Crippen LogP contribution in [0.3, 0.4) is 0 Å². The molecule has 0 unspecified atom stereocenters. The number of nitrogens with zero attached hydrogens (tertiary/aromatic N) is 2. The van der Waals surface area contributed by atoms with Crippen molar-refractivity contribution in [2.45, 2.75) is 12.8 Å². The second-order valence-corrected chi connectivity index (χ2v) is 6.84. The maximum absolute atomic E-state index is 12.5. The number of para-hydroxylation sites is 1. The van der Waals surface area contributed by atoms with E-state index in [0.717, 1.165) is 30.9 Å². The number of hydrogen-bond donors (Lipinski definition) is 1. The highest BCUT2D eigenvalue weighted by Crippen LogP contribution is 2.38. The van der Waals surface area contributed by atoms with Gasteiger partial charge in [-0.1, -0.05) is 36.4 Å². The van der Waals surface area contributed by atoms with Gasteiger partial charge in [-0.3, -0.25) is 9.59 Å². The van der Waals surface area contributed by atoms with Crippen LogP contribution in [0.25, 0.3) is 0 Å². The Kier molecular flexibility index (Phi) is 4.96. The molecule has 1 saturated heterocycles. The smallest absolute Gasteiger partial charge is 0.262 e. The molecule has 0 bridgehead atoms. The fraction of sp³-hybridized carbons (Fsp3) is 0.333. The van der Waals surface area contributed by atoms with Crippen LogP contribution in [0.4, 0.5) is 11.4 Å². The highest BCUT2D eigenvalue weighted by molar-refractivity contribution is 5.97. The van der Waals surface area contributed by atoms with E-state index in [9.17, 15) is 9.59 Å². The largest absolute Gasteiger partial charge is 0.479 e. The molecular formula is C21H23N3O3. The van der Waals surface area contributed by atoms with Gasteiger partial charge >= 0.3 is 0 Å². The van der Waals surface area contributed by atoms with Crippen molar-refractivity contribution in [2.24, 2.45) is 0 Å². The second kappa shape index (κ2) is 7.70. The molecule has 2 amide bonds. The van der Waals surface area contributed by atoms with Crippen molar-refractivity contribution < 1.29 is 14.3 Å². The van der Waals surface area contributed by atoms with Crippen molar-refractivity contribution in [1.82, 2.24) is 4.90 Å². The van der Waals surface area contributed by atoms with Crippen LogP contribution in [0.1, 0.15) is 12.0 Å². The van der Waals surface area contributed by atoms with Gasteiger partial charge in [-0.25, -0.2) is 0 Å². The Morgan fingerprint density at radius 1 is 1.00 bits per heavy atom. The summed E-state index contributed by atoms with van der Waals surface area (Å²) in [4.78, 5) is 28.2. The van der Waals surface area contributed by atoms with E-state index in [1.54, 1.807) is 0 Å². The Bertz CT molecular complexity index is 830. The summed E-state index contributed by atoms with van der Waals surface area (Å²) in [5.41, 5.74) is 2.88. The molecule has 2 aromatic carbocycles. The first-order valence-corrected chi connectivity index (χ1v) is 9.33. The average molecular weight is 365 g/mol. The Morgan fingerprint density at radius 3 is 2.56 bits per heavy atom. The molecule has 2 aliphatic rings. The molecule has 1 N–H and O–H groups in total. The number of aryl methyl sites for hydroxylation is 1. The summed E-state index contributed by atoms with van der Waals surface area (Å²) in [5, 5.41) is 2.84. The maximum atomic E-state index is 12.5. The first-order chi connectivity index (χ1) is 13.2. The molecule has 2 aliphatic heterocycles. The van der Waals surface area contributed by atoms with E-state index in [4.69, 9.17) is 4.74 Å². The molecule has 0 atom stereocenters. The zero-order valence-electron chi connectivity index (χ0n) is 15.2. The normalized spacial score (nSPS) is 16.4. The SMILES string of the molecule is O=C1COc2c(cccc2N2CCN(C(=O)CCc3ccccc3)CC2)N1. The minimum atomic E-state index is -0.131. The monoisotopic (exact) mass is 365 g/mol. The molecule has 0 aromatic heterocycles. The van der Waals surface area contributed by atoms with Gasteiger partial charge in [0.2, 0.25) is 5.91 Å². The minimum absolute atomic E-state index is 0.0436. The molecule has 0 radical (unpaired) electrons. The Labute approximate surface area is 158 Å². The van der Waals surface area contributed by atoms with Gasteiger partial charge < -0.3 is 19.9 Å². The number of amides is 2. The predicted molar refractivity (Wildman–Crippen MR) is 104 cm³/mol. The van der Waals surface area contributed by atoms with Gasteiger partial charge in [-0.05, 0) is 24.1 Å².